The number of halogens is 1. The highest BCUT2D eigenvalue weighted by Gasteiger charge is 2.42. The van der Waals surface area contributed by atoms with Gasteiger partial charge in [-0.25, -0.2) is 4.79 Å². The van der Waals surface area contributed by atoms with Crippen molar-refractivity contribution in [3.05, 3.63) is 34.3 Å². The number of hydrogen-bond donors (Lipinski definition) is 2. The van der Waals surface area contributed by atoms with E-state index in [-0.39, 0.29) is 18.6 Å². The number of aliphatic carboxylic acids is 1. The maximum Gasteiger partial charge on any atom is 0.317 e. The van der Waals surface area contributed by atoms with Crippen LogP contribution in [0.25, 0.3) is 0 Å². The lowest BCUT2D eigenvalue weighted by Gasteiger charge is -2.23. The third-order valence-electron chi connectivity index (χ3n) is 3.99. The van der Waals surface area contributed by atoms with Crippen LogP contribution in [-0.2, 0) is 4.79 Å². The summed E-state index contributed by atoms with van der Waals surface area (Å²) in [6, 6.07) is 7.41. The van der Waals surface area contributed by atoms with Gasteiger partial charge in [-0.2, -0.15) is 0 Å². The average Bonchev–Trinajstić information content (AvgIpc) is 2.83. The van der Waals surface area contributed by atoms with Crippen molar-refractivity contribution in [1.29, 1.82) is 0 Å². The fraction of sp³-hybridized carbons (Fsp3) is 0.467. The van der Waals surface area contributed by atoms with Crippen LogP contribution >= 0.6 is 15.9 Å². The Bertz CT molecular complexity index is 546. The Morgan fingerprint density at radius 3 is 2.52 bits per heavy atom. The third kappa shape index (κ3) is 3.56. The van der Waals surface area contributed by atoms with Gasteiger partial charge in [-0.3, -0.25) is 4.79 Å². The van der Waals surface area contributed by atoms with E-state index in [0.29, 0.717) is 13.0 Å². The fourth-order valence-electron chi connectivity index (χ4n) is 2.42. The summed E-state index contributed by atoms with van der Waals surface area (Å²) in [4.78, 5) is 25.0. The summed E-state index contributed by atoms with van der Waals surface area (Å²) in [5, 5.41) is 12.1. The highest BCUT2D eigenvalue weighted by Crippen LogP contribution is 2.30. The SMILES string of the molecule is CC(NC(=O)N1CCC(C)(C(=O)O)C1)c1ccc(Br)cc1. The molecule has 0 saturated carbocycles. The van der Waals surface area contributed by atoms with Crippen LogP contribution in [0.1, 0.15) is 31.9 Å². The number of urea groups is 1. The van der Waals surface area contributed by atoms with Crippen molar-refractivity contribution in [2.45, 2.75) is 26.3 Å². The number of carbonyl (C=O) groups is 2. The molecule has 1 aliphatic heterocycles. The highest BCUT2D eigenvalue weighted by molar-refractivity contribution is 9.10. The molecule has 0 aromatic heterocycles. The van der Waals surface area contributed by atoms with E-state index in [1.807, 2.05) is 31.2 Å². The summed E-state index contributed by atoms with van der Waals surface area (Å²) >= 11 is 3.37. The molecule has 5 nitrogen and oxygen atoms in total. The van der Waals surface area contributed by atoms with Crippen molar-refractivity contribution in [3.8, 4) is 0 Å². The standard InChI is InChI=1S/C15H19BrN2O3/c1-10(11-3-5-12(16)6-4-11)17-14(21)18-8-7-15(2,9-18)13(19)20/h3-6,10H,7-9H2,1-2H3,(H,17,21)(H,19,20). The average molecular weight is 355 g/mol. The number of carboxylic acids is 1. The Hall–Kier alpha value is -1.56. The Morgan fingerprint density at radius 1 is 1.38 bits per heavy atom. The predicted octanol–water partition coefficient (Wildman–Crippen LogP) is 3.02. The van der Waals surface area contributed by atoms with Gasteiger partial charge in [-0.05, 0) is 38.0 Å². The molecule has 2 amide bonds. The van der Waals surface area contributed by atoms with E-state index in [0.717, 1.165) is 10.0 Å². The van der Waals surface area contributed by atoms with Gasteiger partial charge in [-0.1, -0.05) is 28.1 Å². The van der Waals surface area contributed by atoms with Gasteiger partial charge in [0.2, 0.25) is 0 Å². The number of nitrogens with one attached hydrogen (secondary N) is 1. The van der Waals surface area contributed by atoms with E-state index in [4.69, 9.17) is 0 Å². The molecule has 0 bridgehead atoms. The molecular formula is C15H19BrN2O3. The molecule has 0 radical (unpaired) electrons. The zero-order valence-corrected chi connectivity index (χ0v) is 13.7. The molecule has 2 atom stereocenters. The molecule has 1 saturated heterocycles. The Morgan fingerprint density at radius 2 is 2.00 bits per heavy atom. The minimum atomic E-state index is -0.848. The summed E-state index contributed by atoms with van der Waals surface area (Å²) in [5.41, 5.74) is 0.171. The maximum absolute atomic E-state index is 12.2. The van der Waals surface area contributed by atoms with Crippen molar-refractivity contribution in [2.24, 2.45) is 5.41 Å². The summed E-state index contributed by atoms with van der Waals surface area (Å²) in [6.07, 6.45) is 0.489. The maximum atomic E-state index is 12.2. The number of likely N-dealkylation sites (tertiary alicyclic amines) is 1. The van der Waals surface area contributed by atoms with Crippen LogP contribution in [-0.4, -0.2) is 35.1 Å². The smallest absolute Gasteiger partial charge is 0.317 e. The molecule has 0 aliphatic carbocycles. The lowest BCUT2D eigenvalue weighted by atomic mass is 9.90. The molecule has 0 spiro atoms. The van der Waals surface area contributed by atoms with Gasteiger partial charge in [0, 0.05) is 17.6 Å². The lowest BCUT2D eigenvalue weighted by Crippen LogP contribution is -2.41. The number of nitrogens with zero attached hydrogens (tertiary/aromatic N) is 1. The first-order valence-electron chi connectivity index (χ1n) is 6.86. The number of amides is 2. The molecule has 21 heavy (non-hydrogen) atoms. The number of benzene rings is 1. The third-order valence-corrected chi connectivity index (χ3v) is 4.52. The van der Waals surface area contributed by atoms with Gasteiger partial charge < -0.3 is 15.3 Å². The Labute approximate surface area is 132 Å². The van der Waals surface area contributed by atoms with E-state index >= 15 is 0 Å². The lowest BCUT2D eigenvalue weighted by molar-refractivity contribution is -0.146. The van der Waals surface area contributed by atoms with Crippen LogP contribution in [0.4, 0.5) is 4.79 Å². The zero-order valence-electron chi connectivity index (χ0n) is 12.1. The van der Waals surface area contributed by atoms with Crippen LogP contribution in [0.2, 0.25) is 0 Å². The molecule has 1 aliphatic rings. The van der Waals surface area contributed by atoms with Crippen LogP contribution in [0.3, 0.4) is 0 Å². The van der Waals surface area contributed by atoms with E-state index in [9.17, 15) is 14.7 Å². The van der Waals surface area contributed by atoms with Crippen molar-refractivity contribution in [2.75, 3.05) is 13.1 Å². The van der Waals surface area contributed by atoms with Crippen molar-refractivity contribution < 1.29 is 14.7 Å². The molecule has 6 heteroatoms. The van der Waals surface area contributed by atoms with Crippen molar-refractivity contribution in [1.82, 2.24) is 10.2 Å². The largest absolute Gasteiger partial charge is 0.481 e. The number of carbonyl (C=O) groups excluding carboxylic acids is 1. The quantitative estimate of drug-likeness (QED) is 0.876. The van der Waals surface area contributed by atoms with Gasteiger partial charge in [0.05, 0.1) is 11.5 Å². The van der Waals surface area contributed by atoms with Gasteiger partial charge in [0.1, 0.15) is 0 Å². The van der Waals surface area contributed by atoms with Crippen LogP contribution in [0.5, 0.6) is 0 Å². The normalized spacial score (nSPS) is 22.9. The van der Waals surface area contributed by atoms with Gasteiger partial charge in [0.25, 0.3) is 0 Å². The summed E-state index contributed by atoms with van der Waals surface area (Å²) in [6.45, 7) is 4.32. The van der Waals surface area contributed by atoms with E-state index < -0.39 is 11.4 Å². The van der Waals surface area contributed by atoms with Crippen molar-refractivity contribution in [3.63, 3.8) is 0 Å². The molecule has 2 rings (SSSR count). The number of hydrogen-bond acceptors (Lipinski definition) is 2. The number of rotatable bonds is 3. The van der Waals surface area contributed by atoms with E-state index in [2.05, 4.69) is 21.2 Å². The minimum Gasteiger partial charge on any atom is -0.481 e. The second kappa shape index (κ2) is 6.05. The minimum absolute atomic E-state index is 0.123. The van der Waals surface area contributed by atoms with Crippen LogP contribution < -0.4 is 5.32 Å². The summed E-state index contributed by atoms with van der Waals surface area (Å²) in [5.74, 6) is -0.848. The number of carboxylic acid groups (broad SMARTS) is 1. The zero-order chi connectivity index (χ0) is 15.6. The predicted molar refractivity (Wildman–Crippen MR) is 83.0 cm³/mol. The molecule has 114 valence electrons. The van der Waals surface area contributed by atoms with E-state index in [1.54, 1.807) is 11.8 Å². The molecule has 1 aromatic carbocycles. The molecule has 1 aromatic rings. The molecule has 2 unspecified atom stereocenters. The monoisotopic (exact) mass is 354 g/mol. The molecule has 2 N–H and O–H groups in total. The first-order valence-corrected chi connectivity index (χ1v) is 7.65. The second-order valence-corrected chi connectivity index (χ2v) is 6.68. The topological polar surface area (TPSA) is 69.6 Å². The summed E-state index contributed by atoms with van der Waals surface area (Å²) < 4.78 is 0.988. The first-order chi connectivity index (χ1) is 9.82. The molecular weight excluding hydrogens is 336 g/mol. The van der Waals surface area contributed by atoms with Gasteiger partial charge in [-0.15, -0.1) is 0 Å². The highest BCUT2D eigenvalue weighted by atomic mass is 79.9. The van der Waals surface area contributed by atoms with Gasteiger partial charge in [0.15, 0.2) is 0 Å². The van der Waals surface area contributed by atoms with E-state index in [1.165, 1.54) is 0 Å². The van der Waals surface area contributed by atoms with Crippen LogP contribution in [0, 0.1) is 5.41 Å². The molecule has 1 heterocycles. The Balaban J connectivity index is 1.96. The van der Waals surface area contributed by atoms with Gasteiger partial charge >= 0.3 is 12.0 Å². The summed E-state index contributed by atoms with van der Waals surface area (Å²) in [7, 11) is 0. The first kappa shape index (κ1) is 15.8. The molecule has 1 fully saturated rings. The van der Waals surface area contributed by atoms with Crippen LogP contribution in [0.15, 0.2) is 28.7 Å². The Kier molecular flexibility index (Phi) is 4.56. The second-order valence-electron chi connectivity index (χ2n) is 5.76. The van der Waals surface area contributed by atoms with Crippen molar-refractivity contribution >= 4 is 27.9 Å². The fourth-order valence-corrected chi connectivity index (χ4v) is 2.68.